The van der Waals surface area contributed by atoms with Gasteiger partial charge in [0.1, 0.15) is 0 Å². The van der Waals surface area contributed by atoms with Gasteiger partial charge in [-0.15, -0.1) is 0 Å². The van der Waals surface area contributed by atoms with Gasteiger partial charge in [0.25, 0.3) is 0 Å². The molecule has 0 bridgehead atoms. The Kier molecular flexibility index (Phi) is 4.16. The number of rotatable bonds is 3. The van der Waals surface area contributed by atoms with E-state index in [1.807, 2.05) is 6.92 Å². The lowest BCUT2D eigenvalue weighted by atomic mass is 10.2. The number of morpholine rings is 1. The fraction of sp³-hybridized carbons (Fsp3) is 1.00. The van der Waals surface area contributed by atoms with Crippen LogP contribution in [0.15, 0.2) is 0 Å². The summed E-state index contributed by atoms with van der Waals surface area (Å²) in [6.07, 6.45) is 1.34. The van der Waals surface area contributed by atoms with Crippen LogP contribution in [0, 0.1) is 0 Å². The molecule has 3 unspecified atom stereocenters. The summed E-state index contributed by atoms with van der Waals surface area (Å²) in [4.78, 5) is 2.37. The van der Waals surface area contributed by atoms with E-state index in [9.17, 15) is 0 Å². The minimum absolute atomic E-state index is 0.187. The zero-order chi connectivity index (χ0) is 9.84. The molecule has 1 rings (SSSR count). The Morgan fingerprint density at radius 1 is 1.38 bits per heavy atom. The van der Waals surface area contributed by atoms with Gasteiger partial charge in [0.05, 0.1) is 18.3 Å². The smallest absolute Gasteiger partial charge is 0.0678 e. The Balaban J connectivity index is 2.25. The number of aliphatic hydroxyl groups is 1. The zero-order valence-electron chi connectivity index (χ0n) is 8.86. The largest absolute Gasteiger partial charge is 0.393 e. The van der Waals surface area contributed by atoms with Crippen LogP contribution < -0.4 is 0 Å². The molecule has 0 radical (unpaired) electrons. The molecule has 78 valence electrons. The Morgan fingerprint density at radius 2 is 1.92 bits per heavy atom. The SMILES string of the molecule is CC(O)CCN1CC(C)OC(C)C1. The van der Waals surface area contributed by atoms with Crippen LogP contribution in [0.5, 0.6) is 0 Å². The predicted molar refractivity (Wildman–Crippen MR) is 52.7 cm³/mol. The van der Waals surface area contributed by atoms with E-state index >= 15 is 0 Å². The topological polar surface area (TPSA) is 32.7 Å². The standard InChI is InChI=1S/C10H21NO2/c1-8(12)4-5-11-6-9(2)13-10(3)7-11/h8-10,12H,4-7H2,1-3H3. The average Bonchev–Trinajstić information content (AvgIpc) is 1.99. The van der Waals surface area contributed by atoms with Gasteiger partial charge in [0.2, 0.25) is 0 Å². The van der Waals surface area contributed by atoms with Gasteiger partial charge in [-0.2, -0.15) is 0 Å². The summed E-state index contributed by atoms with van der Waals surface area (Å²) in [5.41, 5.74) is 0. The van der Waals surface area contributed by atoms with Crippen LogP contribution in [-0.4, -0.2) is 48.0 Å². The van der Waals surface area contributed by atoms with E-state index in [4.69, 9.17) is 9.84 Å². The van der Waals surface area contributed by atoms with E-state index in [0.717, 1.165) is 26.1 Å². The minimum atomic E-state index is -0.187. The highest BCUT2D eigenvalue weighted by atomic mass is 16.5. The van der Waals surface area contributed by atoms with Crippen molar-refractivity contribution in [2.24, 2.45) is 0 Å². The van der Waals surface area contributed by atoms with E-state index in [-0.39, 0.29) is 6.10 Å². The first kappa shape index (κ1) is 11.0. The molecule has 3 nitrogen and oxygen atoms in total. The molecule has 0 aromatic heterocycles. The molecule has 1 saturated heterocycles. The zero-order valence-corrected chi connectivity index (χ0v) is 8.86. The van der Waals surface area contributed by atoms with Gasteiger partial charge in [-0.25, -0.2) is 0 Å². The summed E-state index contributed by atoms with van der Waals surface area (Å²) < 4.78 is 5.62. The van der Waals surface area contributed by atoms with Crippen LogP contribution in [0.4, 0.5) is 0 Å². The molecule has 1 heterocycles. The summed E-state index contributed by atoms with van der Waals surface area (Å²) in [5, 5.41) is 9.16. The van der Waals surface area contributed by atoms with Gasteiger partial charge >= 0.3 is 0 Å². The fourth-order valence-electron chi connectivity index (χ4n) is 1.84. The number of hydrogen-bond donors (Lipinski definition) is 1. The summed E-state index contributed by atoms with van der Waals surface area (Å²) in [6, 6.07) is 0. The van der Waals surface area contributed by atoms with Crippen molar-refractivity contribution in [3.63, 3.8) is 0 Å². The van der Waals surface area contributed by atoms with Gasteiger partial charge in [-0.3, -0.25) is 4.90 Å². The predicted octanol–water partition coefficient (Wildman–Crippen LogP) is 0.866. The van der Waals surface area contributed by atoms with Crippen LogP contribution in [-0.2, 0) is 4.74 Å². The highest BCUT2D eigenvalue weighted by Gasteiger charge is 2.21. The lowest BCUT2D eigenvalue weighted by Gasteiger charge is -2.35. The van der Waals surface area contributed by atoms with Crippen molar-refractivity contribution in [1.29, 1.82) is 0 Å². The second kappa shape index (κ2) is 4.94. The minimum Gasteiger partial charge on any atom is -0.393 e. The Bertz CT molecular complexity index is 140. The lowest BCUT2D eigenvalue weighted by Crippen LogP contribution is -2.46. The second-order valence-electron chi connectivity index (χ2n) is 4.15. The van der Waals surface area contributed by atoms with Crippen LogP contribution in [0.2, 0.25) is 0 Å². The fourth-order valence-corrected chi connectivity index (χ4v) is 1.84. The maximum Gasteiger partial charge on any atom is 0.0678 e. The summed E-state index contributed by atoms with van der Waals surface area (Å²) in [6.45, 7) is 9.02. The van der Waals surface area contributed by atoms with Crippen molar-refractivity contribution in [2.45, 2.75) is 45.5 Å². The first-order chi connectivity index (χ1) is 6.08. The van der Waals surface area contributed by atoms with Crippen LogP contribution in [0.3, 0.4) is 0 Å². The van der Waals surface area contributed by atoms with Gasteiger partial charge in [0.15, 0.2) is 0 Å². The number of aliphatic hydroxyl groups excluding tert-OH is 1. The summed E-state index contributed by atoms with van der Waals surface area (Å²) in [5.74, 6) is 0. The van der Waals surface area contributed by atoms with Gasteiger partial charge in [-0.05, 0) is 27.2 Å². The van der Waals surface area contributed by atoms with Gasteiger partial charge in [0, 0.05) is 19.6 Å². The number of ether oxygens (including phenoxy) is 1. The third kappa shape index (κ3) is 4.07. The summed E-state index contributed by atoms with van der Waals surface area (Å²) >= 11 is 0. The molecule has 0 spiro atoms. The molecule has 0 aliphatic carbocycles. The van der Waals surface area contributed by atoms with Gasteiger partial charge in [-0.1, -0.05) is 0 Å². The van der Waals surface area contributed by atoms with E-state index in [1.165, 1.54) is 0 Å². The monoisotopic (exact) mass is 187 g/mol. The van der Waals surface area contributed by atoms with Crippen molar-refractivity contribution < 1.29 is 9.84 Å². The second-order valence-corrected chi connectivity index (χ2v) is 4.15. The molecular formula is C10H21NO2. The molecule has 13 heavy (non-hydrogen) atoms. The Hall–Kier alpha value is -0.120. The van der Waals surface area contributed by atoms with E-state index in [2.05, 4.69) is 18.7 Å². The maximum atomic E-state index is 9.16. The number of hydrogen-bond acceptors (Lipinski definition) is 3. The van der Waals surface area contributed by atoms with E-state index in [1.54, 1.807) is 0 Å². The normalized spacial score (nSPS) is 33.2. The van der Waals surface area contributed by atoms with Crippen molar-refractivity contribution in [3.05, 3.63) is 0 Å². The molecule has 3 atom stereocenters. The molecule has 3 heteroatoms. The van der Waals surface area contributed by atoms with Crippen molar-refractivity contribution >= 4 is 0 Å². The lowest BCUT2D eigenvalue weighted by molar-refractivity contribution is -0.0699. The van der Waals surface area contributed by atoms with Crippen LogP contribution in [0.25, 0.3) is 0 Å². The maximum absolute atomic E-state index is 9.16. The molecule has 0 aromatic carbocycles. The molecule has 0 amide bonds. The molecule has 0 aromatic rings. The van der Waals surface area contributed by atoms with Crippen LogP contribution in [0.1, 0.15) is 27.2 Å². The molecular weight excluding hydrogens is 166 g/mol. The highest BCUT2D eigenvalue weighted by molar-refractivity contribution is 4.73. The molecule has 1 fully saturated rings. The summed E-state index contributed by atoms with van der Waals surface area (Å²) in [7, 11) is 0. The van der Waals surface area contributed by atoms with E-state index < -0.39 is 0 Å². The third-order valence-electron chi connectivity index (χ3n) is 2.36. The van der Waals surface area contributed by atoms with Crippen molar-refractivity contribution in [1.82, 2.24) is 4.90 Å². The van der Waals surface area contributed by atoms with E-state index in [0.29, 0.717) is 12.2 Å². The molecule has 0 saturated carbocycles. The average molecular weight is 187 g/mol. The first-order valence-corrected chi connectivity index (χ1v) is 5.14. The molecule has 1 aliphatic heterocycles. The molecule has 1 N–H and O–H groups in total. The number of nitrogens with zero attached hydrogens (tertiary/aromatic N) is 1. The highest BCUT2D eigenvalue weighted by Crippen LogP contribution is 2.11. The quantitative estimate of drug-likeness (QED) is 0.711. The Labute approximate surface area is 80.7 Å². The van der Waals surface area contributed by atoms with Crippen molar-refractivity contribution in [2.75, 3.05) is 19.6 Å². The van der Waals surface area contributed by atoms with Gasteiger partial charge < -0.3 is 9.84 Å². The molecule has 1 aliphatic rings. The third-order valence-corrected chi connectivity index (χ3v) is 2.36. The first-order valence-electron chi connectivity index (χ1n) is 5.14. The van der Waals surface area contributed by atoms with Crippen molar-refractivity contribution in [3.8, 4) is 0 Å². The van der Waals surface area contributed by atoms with Crippen LogP contribution >= 0.6 is 0 Å². The Morgan fingerprint density at radius 3 is 2.38 bits per heavy atom.